The summed E-state index contributed by atoms with van der Waals surface area (Å²) in [5.41, 5.74) is 5.29. The molecule has 1 aromatic carbocycles. The molecule has 0 aromatic heterocycles. The van der Waals surface area contributed by atoms with Crippen LogP contribution in [0.15, 0.2) is 24.3 Å². The van der Waals surface area contributed by atoms with Gasteiger partial charge in [0.1, 0.15) is 18.1 Å². The Morgan fingerprint density at radius 2 is 1.53 bits per heavy atom. The standard InChI is InChI=1S/C14H23NO4/c1-2-18-13-4-3-5-14(12-13)19-11-10-17-9-8-16-7-6-15/h3-5,12H,2,6-11,15H2,1H3. The van der Waals surface area contributed by atoms with Crippen LogP contribution in [0.2, 0.25) is 0 Å². The molecule has 0 bridgehead atoms. The van der Waals surface area contributed by atoms with E-state index in [1.54, 1.807) is 0 Å². The average Bonchev–Trinajstić information content (AvgIpc) is 2.43. The highest BCUT2D eigenvalue weighted by molar-refractivity contribution is 5.32. The molecule has 0 aliphatic rings. The summed E-state index contributed by atoms with van der Waals surface area (Å²) in [6.07, 6.45) is 0. The SMILES string of the molecule is CCOc1cccc(OCCOCCOCCN)c1. The van der Waals surface area contributed by atoms with E-state index >= 15 is 0 Å². The van der Waals surface area contributed by atoms with Gasteiger partial charge >= 0.3 is 0 Å². The zero-order valence-corrected chi connectivity index (χ0v) is 11.5. The van der Waals surface area contributed by atoms with Gasteiger partial charge in [-0.15, -0.1) is 0 Å². The van der Waals surface area contributed by atoms with Crippen molar-refractivity contribution in [2.45, 2.75) is 6.92 Å². The Morgan fingerprint density at radius 3 is 2.21 bits per heavy atom. The molecule has 0 aliphatic heterocycles. The van der Waals surface area contributed by atoms with Crippen LogP contribution in [-0.2, 0) is 9.47 Å². The molecule has 5 heteroatoms. The lowest BCUT2D eigenvalue weighted by Gasteiger charge is -2.09. The molecule has 19 heavy (non-hydrogen) atoms. The Morgan fingerprint density at radius 1 is 0.895 bits per heavy atom. The number of ether oxygens (including phenoxy) is 4. The van der Waals surface area contributed by atoms with Gasteiger partial charge in [0.25, 0.3) is 0 Å². The summed E-state index contributed by atoms with van der Waals surface area (Å²) >= 11 is 0. The molecular formula is C14H23NO4. The molecule has 108 valence electrons. The fourth-order valence-corrected chi connectivity index (χ4v) is 1.44. The minimum absolute atomic E-state index is 0.506. The first kappa shape index (κ1) is 15.8. The van der Waals surface area contributed by atoms with Crippen molar-refractivity contribution in [3.8, 4) is 11.5 Å². The molecule has 2 N–H and O–H groups in total. The predicted octanol–water partition coefficient (Wildman–Crippen LogP) is 1.46. The number of nitrogens with two attached hydrogens (primary N) is 1. The van der Waals surface area contributed by atoms with E-state index < -0.39 is 0 Å². The highest BCUT2D eigenvalue weighted by Gasteiger charge is 1.97. The van der Waals surface area contributed by atoms with Crippen LogP contribution in [0.1, 0.15) is 6.92 Å². The summed E-state index contributed by atoms with van der Waals surface area (Å²) in [4.78, 5) is 0. The van der Waals surface area contributed by atoms with E-state index in [-0.39, 0.29) is 0 Å². The van der Waals surface area contributed by atoms with Gasteiger partial charge in [-0.25, -0.2) is 0 Å². The fourth-order valence-electron chi connectivity index (χ4n) is 1.44. The highest BCUT2D eigenvalue weighted by Crippen LogP contribution is 2.19. The van der Waals surface area contributed by atoms with Gasteiger partial charge in [0.05, 0.1) is 33.0 Å². The van der Waals surface area contributed by atoms with Crippen LogP contribution >= 0.6 is 0 Å². The Kier molecular flexibility index (Phi) is 8.80. The second-order valence-electron chi connectivity index (χ2n) is 3.77. The van der Waals surface area contributed by atoms with Crippen molar-refractivity contribution < 1.29 is 18.9 Å². The van der Waals surface area contributed by atoms with E-state index in [1.165, 1.54) is 0 Å². The molecular weight excluding hydrogens is 246 g/mol. The minimum Gasteiger partial charge on any atom is -0.494 e. The average molecular weight is 269 g/mol. The largest absolute Gasteiger partial charge is 0.494 e. The molecule has 0 heterocycles. The molecule has 0 spiro atoms. The van der Waals surface area contributed by atoms with E-state index in [1.807, 2.05) is 31.2 Å². The van der Waals surface area contributed by atoms with Crippen molar-refractivity contribution in [3.05, 3.63) is 24.3 Å². The molecule has 5 nitrogen and oxygen atoms in total. The first-order valence-electron chi connectivity index (χ1n) is 6.58. The number of benzene rings is 1. The third-order valence-corrected chi connectivity index (χ3v) is 2.25. The van der Waals surface area contributed by atoms with E-state index in [2.05, 4.69) is 0 Å². The summed E-state index contributed by atoms with van der Waals surface area (Å²) < 4.78 is 21.5. The summed E-state index contributed by atoms with van der Waals surface area (Å²) in [7, 11) is 0. The van der Waals surface area contributed by atoms with Crippen LogP contribution in [-0.4, -0.2) is 46.2 Å². The predicted molar refractivity (Wildman–Crippen MR) is 73.8 cm³/mol. The lowest BCUT2D eigenvalue weighted by Crippen LogP contribution is -2.14. The highest BCUT2D eigenvalue weighted by atomic mass is 16.5. The van der Waals surface area contributed by atoms with Crippen LogP contribution < -0.4 is 15.2 Å². The van der Waals surface area contributed by atoms with Crippen molar-refractivity contribution in [2.75, 3.05) is 46.2 Å². The number of rotatable bonds is 11. The minimum atomic E-state index is 0.506. The van der Waals surface area contributed by atoms with Crippen LogP contribution in [0.25, 0.3) is 0 Å². The molecule has 0 fully saturated rings. The van der Waals surface area contributed by atoms with Gasteiger partial charge in [-0.2, -0.15) is 0 Å². The molecule has 0 saturated heterocycles. The van der Waals surface area contributed by atoms with Crippen molar-refractivity contribution >= 4 is 0 Å². The molecule has 1 aromatic rings. The van der Waals surface area contributed by atoms with Gasteiger partial charge in [-0.05, 0) is 19.1 Å². The van der Waals surface area contributed by atoms with Gasteiger partial charge in [0.15, 0.2) is 0 Å². The van der Waals surface area contributed by atoms with Crippen LogP contribution in [0.5, 0.6) is 11.5 Å². The van der Waals surface area contributed by atoms with E-state index in [9.17, 15) is 0 Å². The van der Waals surface area contributed by atoms with Gasteiger partial charge in [-0.3, -0.25) is 0 Å². The van der Waals surface area contributed by atoms with E-state index in [0.29, 0.717) is 46.2 Å². The molecule has 0 radical (unpaired) electrons. The zero-order valence-electron chi connectivity index (χ0n) is 11.5. The maximum atomic E-state index is 5.55. The van der Waals surface area contributed by atoms with Gasteiger partial charge in [0, 0.05) is 12.6 Å². The van der Waals surface area contributed by atoms with Crippen LogP contribution in [0.3, 0.4) is 0 Å². The van der Waals surface area contributed by atoms with Crippen molar-refractivity contribution in [3.63, 3.8) is 0 Å². The topological polar surface area (TPSA) is 62.9 Å². The summed E-state index contributed by atoms with van der Waals surface area (Å²) in [6, 6.07) is 7.57. The third-order valence-electron chi connectivity index (χ3n) is 2.25. The first-order chi connectivity index (χ1) is 9.36. The Hall–Kier alpha value is -1.30. The van der Waals surface area contributed by atoms with Crippen LogP contribution in [0, 0.1) is 0 Å². The quantitative estimate of drug-likeness (QED) is 0.616. The van der Waals surface area contributed by atoms with Gasteiger partial charge < -0.3 is 24.7 Å². The molecule has 1 rings (SSSR count). The number of hydrogen-bond acceptors (Lipinski definition) is 5. The second-order valence-corrected chi connectivity index (χ2v) is 3.77. The zero-order chi connectivity index (χ0) is 13.8. The summed E-state index contributed by atoms with van der Waals surface area (Å²) in [6.45, 7) is 5.88. The Bertz CT molecular complexity index is 333. The van der Waals surface area contributed by atoms with Gasteiger partial charge in [0.2, 0.25) is 0 Å². The van der Waals surface area contributed by atoms with E-state index in [4.69, 9.17) is 24.7 Å². The molecule has 0 amide bonds. The third kappa shape index (κ3) is 7.66. The molecule has 0 unspecified atom stereocenters. The van der Waals surface area contributed by atoms with Crippen molar-refractivity contribution in [1.29, 1.82) is 0 Å². The lowest BCUT2D eigenvalue weighted by molar-refractivity contribution is 0.0388. The Labute approximate surface area is 114 Å². The number of hydrogen-bond donors (Lipinski definition) is 1. The maximum absolute atomic E-state index is 5.55. The van der Waals surface area contributed by atoms with E-state index in [0.717, 1.165) is 11.5 Å². The molecule has 0 aliphatic carbocycles. The van der Waals surface area contributed by atoms with Crippen LogP contribution in [0.4, 0.5) is 0 Å². The maximum Gasteiger partial charge on any atom is 0.123 e. The first-order valence-corrected chi connectivity index (χ1v) is 6.58. The van der Waals surface area contributed by atoms with Gasteiger partial charge in [-0.1, -0.05) is 6.07 Å². The molecule has 0 saturated carbocycles. The normalized spacial score (nSPS) is 10.4. The Balaban J connectivity index is 2.07. The fraction of sp³-hybridized carbons (Fsp3) is 0.571. The lowest BCUT2D eigenvalue weighted by atomic mass is 10.3. The smallest absolute Gasteiger partial charge is 0.123 e. The van der Waals surface area contributed by atoms with Crippen molar-refractivity contribution in [1.82, 2.24) is 0 Å². The second kappa shape index (κ2) is 10.6. The summed E-state index contributed by atoms with van der Waals surface area (Å²) in [5, 5.41) is 0. The molecule has 0 atom stereocenters. The van der Waals surface area contributed by atoms with Crippen molar-refractivity contribution in [2.24, 2.45) is 5.73 Å². The monoisotopic (exact) mass is 269 g/mol. The summed E-state index contributed by atoms with van der Waals surface area (Å²) in [5.74, 6) is 1.60.